The molecule has 2 heteroatoms. The van der Waals surface area contributed by atoms with Crippen LogP contribution in [-0.2, 0) is 4.74 Å². The van der Waals surface area contributed by atoms with Crippen LogP contribution >= 0.6 is 0 Å². The molecule has 0 spiro atoms. The quantitative estimate of drug-likeness (QED) is 0.642. The summed E-state index contributed by atoms with van der Waals surface area (Å²) in [5, 5.41) is 3.56. The third-order valence-corrected chi connectivity index (χ3v) is 3.50. The number of rotatable bonds is 8. The van der Waals surface area contributed by atoms with Crippen LogP contribution in [0.15, 0.2) is 0 Å². The van der Waals surface area contributed by atoms with Crippen molar-refractivity contribution in [3.05, 3.63) is 0 Å². The maximum atomic E-state index is 5.68. The van der Waals surface area contributed by atoms with Gasteiger partial charge in [0.25, 0.3) is 0 Å². The summed E-state index contributed by atoms with van der Waals surface area (Å²) in [5.74, 6) is 0.947. The lowest BCUT2D eigenvalue weighted by molar-refractivity contribution is 0.101. The molecule has 1 atom stereocenters. The molecule has 0 saturated heterocycles. The molecule has 1 saturated carbocycles. The molecule has 0 amide bonds. The van der Waals surface area contributed by atoms with Gasteiger partial charge in [-0.15, -0.1) is 0 Å². The van der Waals surface area contributed by atoms with E-state index in [0.29, 0.717) is 6.04 Å². The van der Waals surface area contributed by atoms with Crippen LogP contribution in [0.3, 0.4) is 0 Å². The minimum absolute atomic E-state index is 0.583. The van der Waals surface area contributed by atoms with Crippen LogP contribution in [0, 0.1) is 5.92 Å². The van der Waals surface area contributed by atoms with E-state index < -0.39 is 0 Å². The first-order valence-corrected chi connectivity index (χ1v) is 7.18. The molecule has 0 heterocycles. The third kappa shape index (κ3) is 5.86. The first-order chi connectivity index (χ1) is 7.86. The summed E-state index contributed by atoms with van der Waals surface area (Å²) in [5.41, 5.74) is 0. The number of likely N-dealkylation sites (N-methyl/N-ethyl adjacent to an activating group) is 1. The van der Waals surface area contributed by atoms with Crippen molar-refractivity contribution >= 4 is 0 Å². The van der Waals surface area contributed by atoms with Gasteiger partial charge >= 0.3 is 0 Å². The first-order valence-electron chi connectivity index (χ1n) is 7.18. The Morgan fingerprint density at radius 2 is 1.94 bits per heavy atom. The zero-order valence-corrected chi connectivity index (χ0v) is 11.1. The second-order valence-electron chi connectivity index (χ2n) is 5.07. The third-order valence-electron chi connectivity index (χ3n) is 3.50. The minimum Gasteiger partial charge on any atom is -0.380 e. The van der Waals surface area contributed by atoms with Gasteiger partial charge in [0.1, 0.15) is 0 Å². The normalized spacial score (nSPS) is 19.9. The van der Waals surface area contributed by atoms with Crippen molar-refractivity contribution in [3.8, 4) is 0 Å². The van der Waals surface area contributed by atoms with Crippen LogP contribution in [0.4, 0.5) is 0 Å². The average Bonchev–Trinajstić information content (AvgIpc) is 2.31. The molecule has 0 aromatic rings. The lowest BCUT2D eigenvalue weighted by Gasteiger charge is -2.27. The fraction of sp³-hybridized carbons (Fsp3) is 1.00. The Kier molecular flexibility index (Phi) is 7.87. The van der Waals surface area contributed by atoms with Gasteiger partial charge < -0.3 is 10.1 Å². The molecule has 0 aliphatic heterocycles. The van der Waals surface area contributed by atoms with Crippen LogP contribution < -0.4 is 5.32 Å². The van der Waals surface area contributed by atoms with Crippen molar-refractivity contribution < 1.29 is 4.74 Å². The number of hydrogen-bond acceptors (Lipinski definition) is 2. The van der Waals surface area contributed by atoms with E-state index in [1.807, 2.05) is 0 Å². The van der Waals surface area contributed by atoms with E-state index in [2.05, 4.69) is 19.2 Å². The van der Waals surface area contributed by atoms with Crippen molar-refractivity contribution in [2.24, 2.45) is 5.92 Å². The van der Waals surface area contributed by atoms with Gasteiger partial charge in [-0.1, -0.05) is 46.0 Å². The Bertz CT molecular complexity index is 155. The van der Waals surface area contributed by atoms with Gasteiger partial charge in [-0.05, 0) is 25.3 Å². The van der Waals surface area contributed by atoms with Crippen LogP contribution in [0.25, 0.3) is 0 Å². The standard InChI is InChI=1S/C14H29NO/c1-3-10-16-12-14(15-4-2)11-13-8-6-5-7-9-13/h13-15H,3-12H2,1-2H3. The Morgan fingerprint density at radius 3 is 2.56 bits per heavy atom. The summed E-state index contributed by atoms with van der Waals surface area (Å²) in [6.07, 6.45) is 9.67. The second kappa shape index (κ2) is 9.00. The summed E-state index contributed by atoms with van der Waals surface area (Å²) in [7, 11) is 0. The highest BCUT2D eigenvalue weighted by Gasteiger charge is 2.18. The second-order valence-corrected chi connectivity index (χ2v) is 5.07. The van der Waals surface area contributed by atoms with Gasteiger partial charge in [0, 0.05) is 12.6 Å². The molecule has 1 aliphatic rings. The van der Waals surface area contributed by atoms with Gasteiger partial charge in [-0.25, -0.2) is 0 Å². The van der Waals surface area contributed by atoms with E-state index in [9.17, 15) is 0 Å². The zero-order valence-electron chi connectivity index (χ0n) is 11.1. The Labute approximate surface area is 101 Å². The lowest BCUT2D eigenvalue weighted by Crippen LogP contribution is -2.35. The van der Waals surface area contributed by atoms with E-state index in [1.165, 1.54) is 38.5 Å². The Morgan fingerprint density at radius 1 is 1.19 bits per heavy atom. The highest BCUT2D eigenvalue weighted by molar-refractivity contribution is 4.74. The Hall–Kier alpha value is -0.0800. The van der Waals surface area contributed by atoms with E-state index >= 15 is 0 Å². The SMILES string of the molecule is CCCOCC(CC1CCCCC1)NCC. The molecular formula is C14H29NO. The molecule has 1 aliphatic carbocycles. The highest BCUT2D eigenvalue weighted by Crippen LogP contribution is 2.27. The first kappa shape index (κ1) is 14.0. The fourth-order valence-corrected chi connectivity index (χ4v) is 2.69. The van der Waals surface area contributed by atoms with Gasteiger partial charge in [0.05, 0.1) is 6.61 Å². The van der Waals surface area contributed by atoms with Crippen LogP contribution in [0.1, 0.15) is 58.8 Å². The molecule has 0 bridgehead atoms. The maximum absolute atomic E-state index is 5.68. The molecule has 16 heavy (non-hydrogen) atoms. The van der Waals surface area contributed by atoms with Crippen molar-refractivity contribution in [3.63, 3.8) is 0 Å². The van der Waals surface area contributed by atoms with E-state index in [-0.39, 0.29) is 0 Å². The van der Waals surface area contributed by atoms with Crippen LogP contribution in [0.5, 0.6) is 0 Å². The molecule has 96 valence electrons. The monoisotopic (exact) mass is 227 g/mol. The van der Waals surface area contributed by atoms with Crippen molar-refractivity contribution in [2.75, 3.05) is 19.8 Å². The van der Waals surface area contributed by atoms with Gasteiger partial charge in [-0.2, -0.15) is 0 Å². The molecule has 0 aromatic heterocycles. The topological polar surface area (TPSA) is 21.3 Å². The number of nitrogens with one attached hydrogen (secondary N) is 1. The summed E-state index contributed by atoms with van der Waals surface area (Å²) in [6.45, 7) is 7.23. The number of hydrogen-bond donors (Lipinski definition) is 1. The van der Waals surface area contributed by atoms with Crippen LogP contribution in [-0.4, -0.2) is 25.8 Å². The lowest BCUT2D eigenvalue weighted by atomic mass is 9.85. The van der Waals surface area contributed by atoms with Gasteiger partial charge in [0.2, 0.25) is 0 Å². The van der Waals surface area contributed by atoms with E-state index in [0.717, 1.165) is 32.1 Å². The maximum Gasteiger partial charge on any atom is 0.0619 e. The van der Waals surface area contributed by atoms with Crippen molar-refractivity contribution in [1.82, 2.24) is 5.32 Å². The number of ether oxygens (including phenoxy) is 1. The summed E-state index contributed by atoms with van der Waals surface area (Å²) in [4.78, 5) is 0. The van der Waals surface area contributed by atoms with Crippen LogP contribution in [0.2, 0.25) is 0 Å². The van der Waals surface area contributed by atoms with E-state index in [4.69, 9.17) is 4.74 Å². The zero-order chi connectivity index (χ0) is 11.6. The molecular weight excluding hydrogens is 198 g/mol. The summed E-state index contributed by atoms with van der Waals surface area (Å²) < 4.78 is 5.68. The highest BCUT2D eigenvalue weighted by atomic mass is 16.5. The molecule has 1 unspecified atom stereocenters. The smallest absolute Gasteiger partial charge is 0.0619 e. The summed E-state index contributed by atoms with van der Waals surface area (Å²) in [6, 6.07) is 0.583. The minimum atomic E-state index is 0.583. The molecule has 0 aromatic carbocycles. The predicted molar refractivity (Wildman–Crippen MR) is 69.8 cm³/mol. The van der Waals surface area contributed by atoms with E-state index in [1.54, 1.807) is 0 Å². The van der Waals surface area contributed by atoms with Crippen molar-refractivity contribution in [2.45, 2.75) is 64.8 Å². The summed E-state index contributed by atoms with van der Waals surface area (Å²) >= 11 is 0. The van der Waals surface area contributed by atoms with Crippen molar-refractivity contribution in [1.29, 1.82) is 0 Å². The fourth-order valence-electron chi connectivity index (χ4n) is 2.69. The molecule has 1 rings (SSSR count). The van der Waals surface area contributed by atoms with Gasteiger partial charge in [0.15, 0.2) is 0 Å². The molecule has 1 fully saturated rings. The molecule has 1 N–H and O–H groups in total. The predicted octanol–water partition coefficient (Wildman–Crippen LogP) is 3.36. The largest absolute Gasteiger partial charge is 0.380 e. The molecule has 2 nitrogen and oxygen atoms in total. The molecule has 0 radical (unpaired) electrons. The average molecular weight is 227 g/mol. The Balaban J connectivity index is 2.19. The van der Waals surface area contributed by atoms with Gasteiger partial charge in [-0.3, -0.25) is 0 Å².